The van der Waals surface area contributed by atoms with Crippen LogP contribution in [0.15, 0.2) is 0 Å². The molecular formula is C7H16N2. The second-order valence-electron chi connectivity index (χ2n) is 3.19. The van der Waals surface area contributed by atoms with Crippen LogP contribution in [0.2, 0.25) is 0 Å². The SMILES string of the molecule is CC1CC(C)C(C)NN1. The first-order valence-corrected chi connectivity index (χ1v) is 3.71. The van der Waals surface area contributed by atoms with Gasteiger partial charge in [-0.1, -0.05) is 6.92 Å². The van der Waals surface area contributed by atoms with Gasteiger partial charge in [-0.05, 0) is 26.2 Å². The van der Waals surface area contributed by atoms with Gasteiger partial charge < -0.3 is 0 Å². The third kappa shape index (κ3) is 1.66. The lowest BCUT2D eigenvalue weighted by atomic mass is 9.95. The lowest BCUT2D eigenvalue weighted by Crippen LogP contribution is -2.52. The van der Waals surface area contributed by atoms with Crippen LogP contribution >= 0.6 is 0 Å². The van der Waals surface area contributed by atoms with Gasteiger partial charge in [0.25, 0.3) is 0 Å². The first kappa shape index (κ1) is 7.03. The minimum atomic E-state index is 0.626. The Morgan fingerprint density at radius 2 is 1.78 bits per heavy atom. The molecule has 0 spiro atoms. The van der Waals surface area contributed by atoms with Crippen molar-refractivity contribution in [1.29, 1.82) is 0 Å². The molecule has 2 nitrogen and oxygen atoms in total. The number of rotatable bonds is 0. The zero-order chi connectivity index (χ0) is 6.85. The van der Waals surface area contributed by atoms with E-state index >= 15 is 0 Å². The van der Waals surface area contributed by atoms with Crippen molar-refractivity contribution in [3.05, 3.63) is 0 Å². The molecule has 3 unspecified atom stereocenters. The van der Waals surface area contributed by atoms with Gasteiger partial charge in [-0.15, -0.1) is 0 Å². The van der Waals surface area contributed by atoms with Crippen molar-refractivity contribution in [1.82, 2.24) is 10.9 Å². The molecule has 1 saturated heterocycles. The number of hydrazine groups is 1. The highest BCUT2D eigenvalue weighted by Gasteiger charge is 2.19. The molecule has 0 saturated carbocycles. The van der Waals surface area contributed by atoms with Crippen molar-refractivity contribution < 1.29 is 0 Å². The van der Waals surface area contributed by atoms with Crippen LogP contribution < -0.4 is 10.9 Å². The van der Waals surface area contributed by atoms with Crippen molar-refractivity contribution in [2.45, 2.75) is 39.3 Å². The largest absolute Gasteiger partial charge is 0.255 e. The summed E-state index contributed by atoms with van der Waals surface area (Å²) in [5.74, 6) is 0.807. The molecular weight excluding hydrogens is 112 g/mol. The first-order chi connectivity index (χ1) is 4.20. The maximum Gasteiger partial charge on any atom is 0.0210 e. The van der Waals surface area contributed by atoms with E-state index in [0.29, 0.717) is 12.1 Å². The Kier molecular flexibility index (Phi) is 2.09. The smallest absolute Gasteiger partial charge is 0.0210 e. The number of hydrogen-bond donors (Lipinski definition) is 2. The summed E-state index contributed by atoms with van der Waals surface area (Å²) in [6.45, 7) is 6.70. The van der Waals surface area contributed by atoms with Crippen LogP contribution in [0.3, 0.4) is 0 Å². The van der Waals surface area contributed by atoms with Gasteiger partial charge in [0, 0.05) is 12.1 Å². The monoisotopic (exact) mass is 128 g/mol. The third-order valence-electron chi connectivity index (χ3n) is 2.14. The van der Waals surface area contributed by atoms with Crippen LogP contribution in [0.5, 0.6) is 0 Å². The van der Waals surface area contributed by atoms with E-state index in [0.717, 1.165) is 5.92 Å². The van der Waals surface area contributed by atoms with Crippen LogP contribution in [-0.2, 0) is 0 Å². The van der Waals surface area contributed by atoms with E-state index in [4.69, 9.17) is 0 Å². The van der Waals surface area contributed by atoms with Gasteiger partial charge in [0.05, 0.1) is 0 Å². The molecule has 2 N–H and O–H groups in total. The Hall–Kier alpha value is -0.0800. The fourth-order valence-electron chi connectivity index (χ4n) is 1.24. The van der Waals surface area contributed by atoms with Gasteiger partial charge in [-0.25, -0.2) is 0 Å². The molecule has 1 aliphatic heterocycles. The normalized spacial score (nSPS) is 45.0. The van der Waals surface area contributed by atoms with E-state index < -0.39 is 0 Å². The molecule has 2 heteroatoms. The van der Waals surface area contributed by atoms with Crippen molar-refractivity contribution in [2.75, 3.05) is 0 Å². The van der Waals surface area contributed by atoms with Gasteiger partial charge in [0.1, 0.15) is 0 Å². The lowest BCUT2D eigenvalue weighted by Gasteiger charge is -2.32. The molecule has 0 aliphatic carbocycles. The van der Waals surface area contributed by atoms with Crippen LogP contribution in [0.25, 0.3) is 0 Å². The molecule has 3 atom stereocenters. The quantitative estimate of drug-likeness (QED) is 0.506. The summed E-state index contributed by atoms with van der Waals surface area (Å²) < 4.78 is 0. The average molecular weight is 128 g/mol. The maximum atomic E-state index is 3.23. The Balaban J connectivity index is 2.35. The summed E-state index contributed by atoms with van der Waals surface area (Å²) in [4.78, 5) is 0. The molecule has 0 radical (unpaired) electrons. The van der Waals surface area contributed by atoms with Crippen LogP contribution in [0.4, 0.5) is 0 Å². The summed E-state index contributed by atoms with van der Waals surface area (Å²) >= 11 is 0. The Bertz CT molecular complexity index is 92.9. The fraction of sp³-hybridized carbons (Fsp3) is 1.00. The Morgan fingerprint density at radius 1 is 1.11 bits per heavy atom. The highest BCUT2D eigenvalue weighted by atomic mass is 15.4. The lowest BCUT2D eigenvalue weighted by molar-refractivity contribution is 0.229. The van der Waals surface area contributed by atoms with Gasteiger partial charge in [-0.2, -0.15) is 0 Å². The van der Waals surface area contributed by atoms with Crippen LogP contribution in [-0.4, -0.2) is 12.1 Å². The van der Waals surface area contributed by atoms with Crippen molar-refractivity contribution in [3.63, 3.8) is 0 Å². The maximum absolute atomic E-state index is 3.23. The second kappa shape index (κ2) is 2.67. The van der Waals surface area contributed by atoms with Crippen molar-refractivity contribution in [2.24, 2.45) is 5.92 Å². The molecule has 1 fully saturated rings. The standard InChI is InChI=1S/C7H16N2/c1-5-4-6(2)8-9-7(5)3/h5-9H,4H2,1-3H3. The molecule has 0 aromatic carbocycles. The minimum Gasteiger partial charge on any atom is -0.255 e. The van der Waals surface area contributed by atoms with Crippen molar-refractivity contribution in [3.8, 4) is 0 Å². The molecule has 0 aromatic rings. The van der Waals surface area contributed by atoms with Gasteiger partial charge in [0.15, 0.2) is 0 Å². The van der Waals surface area contributed by atoms with Crippen LogP contribution in [0.1, 0.15) is 27.2 Å². The van der Waals surface area contributed by atoms with Gasteiger partial charge >= 0.3 is 0 Å². The van der Waals surface area contributed by atoms with E-state index in [2.05, 4.69) is 31.6 Å². The molecule has 1 aliphatic rings. The molecule has 1 rings (SSSR count). The molecule has 9 heavy (non-hydrogen) atoms. The molecule has 1 heterocycles. The third-order valence-corrected chi connectivity index (χ3v) is 2.14. The summed E-state index contributed by atoms with van der Waals surface area (Å²) in [5, 5.41) is 0. The second-order valence-corrected chi connectivity index (χ2v) is 3.19. The van der Waals surface area contributed by atoms with E-state index in [1.807, 2.05) is 0 Å². The molecule has 0 aromatic heterocycles. The zero-order valence-electron chi connectivity index (χ0n) is 6.44. The number of nitrogens with one attached hydrogen (secondary N) is 2. The van der Waals surface area contributed by atoms with Gasteiger partial charge in [0.2, 0.25) is 0 Å². The molecule has 0 amide bonds. The Morgan fingerprint density at radius 3 is 2.22 bits per heavy atom. The predicted octanol–water partition coefficient (Wildman–Crippen LogP) is 0.897. The summed E-state index contributed by atoms with van der Waals surface area (Å²) in [5.41, 5.74) is 6.44. The summed E-state index contributed by atoms with van der Waals surface area (Å²) in [6.07, 6.45) is 1.29. The van der Waals surface area contributed by atoms with Gasteiger partial charge in [-0.3, -0.25) is 10.9 Å². The predicted molar refractivity (Wildman–Crippen MR) is 39.0 cm³/mol. The highest BCUT2D eigenvalue weighted by molar-refractivity contribution is 4.76. The average Bonchev–Trinajstić information content (AvgIpc) is 1.80. The summed E-state index contributed by atoms with van der Waals surface area (Å²) in [6, 6.07) is 1.26. The Labute approximate surface area is 57.0 Å². The first-order valence-electron chi connectivity index (χ1n) is 3.71. The minimum absolute atomic E-state index is 0.626. The van der Waals surface area contributed by atoms with E-state index in [1.54, 1.807) is 0 Å². The highest BCUT2D eigenvalue weighted by Crippen LogP contribution is 2.13. The van der Waals surface area contributed by atoms with Crippen molar-refractivity contribution >= 4 is 0 Å². The van der Waals surface area contributed by atoms with E-state index in [1.165, 1.54) is 6.42 Å². The van der Waals surface area contributed by atoms with E-state index in [9.17, 15) is 0 Å². The van der Waals surface area contributed by atoms with Crippen LogP contribution in [0, 0.1) is 5.92 Å². The topological polar surface area (TPSA) is 24.1 Å². The summed E-state index contributed by atoms with van der Waals surface area (Å²) in [7, 11) is 0. The molecule has 54 valence electrons. The van der Waals surface area contributed by atoms with E-state index in [-0.39, 0.29) is 0 Å². The molecule has 0 bridgehead atoms. The zero-order valence-corrected chi connectivity index (χ0v) is 6.44. The number of hydrogen-bond acceptors (Lipinski definition) is 2. The fourth-order valence-corrected chi connectivity index (χ4v) is 1.24.